The number of carboxylic acid groups (broad SMARTS) is 1. The lowest BCUT2D eigenvalue weighted by Crippen LogP contribution is -2.27. The van der Waals surface area contributed by atoms with Gasteiger partial charge in [-0.15, -0.1) is 0 Å². The number of nitrogens with zero attached hydrogens (tertiary/aromatic N) is 1. The lowest BCUT2D eigenvalue weighted by atomic mass is 10.1. The zero-order chi connectivity index (χ0) is 10.8. The van der Waals surface area contributed by atoms with E-state index in [1.807, 2.05) is 0 Å². The molecule has 15 heavy (non-hydrogen) atoms. The average molecular weight is 211 g/mol. The number of carbonyl (C=O) groups excluding carboxylic acids is 1. The van der Waals surface area contributed by atoms with Crippen LogP contribution in [-0.4, -0.2) is 35.0 Å². The van der Waals surface area contributed by atoms with Crippen LogP contribution in [0.1, 0.15) is 32.1 Å². The first-order valence-corrected chi connectivity index (χ1v) is 5.67. The van der Waals surface area contributed by atoms with Crippen molar-refractivity contribution in [2.75, 3.05) is 13.1 Å². The molecule has 2 aliphatic rings. The maximum absolute atomic E-state index is 11.4. The zero-order valence-corrected chi connectivity index (χ0v) is 8.82. The summed E-state index contributed by atoms with van der Waals surface area (Å²) in [4.78, 5) is 23.9. The molecule has 2 rings (SSSR count). The van der Waals surface area contributed by atoms with Gasteiger partial charge in [-0.1, -0.05) is 12.8 Å². The van der Waals surface area contributed by atoms with Gasteiger partial charge in [0.25, 0.3) is 0 Å². The van der Waals surface area contributed by atoms with E-state index in [1.54, 1.807) is 4.90 Å². The molecule has 4 nitrogen and oxygen atoms in total. The Hall–Kier alpha value is -1.06. The normalized spacial score (nSPS) is 26.0. The predicted octanol–water partition coefficient (Wildman–Crippen LogP) is 1.11. The van der Waals surface area contributed by atoms with Crippen molar-refractivity contribution in [3.63, 3.8) is 0 Å². The van der Waals surface area contributed by atoms with Crippen LogP contribution in [0.4, 0.5) is 0 Å². The van der Waals surface area contributed by atoms with Crippen LogP contribution in [0.15, 0.2) is 0 Å². The molecule has 1 unspecified atom stereocenters. The van der Waals surface area contributed by atoms with Crippen LogP contribution in [0, 0.1) is 11.8 Å². The van der Waals surface area contributed by atoms with Crippen LogP contribution in [0.3, 0.4) is 0 Å². The van der Waals surface area contributed by atoms with Crippen molar-refractivity contribution in [3.8, 4) is 0 Å². The Morgan fingerprint density at radius 2 is 2.20 bits per heavy atom. The summed E-state index contributed by atoms with van der Waals surface area (Å²) in [6.45, 7) is 1.16. The van der Waals surface area contributed by atoms with Crippen molar-refractivity contribution >= 4 is 11.9 Å². The maximum atomic E-state index is 11.4. The van der Waals surface area contributed by atoms with Gasteiger partial charge in [-0.3, -0.25) is 9.59 Å². The summed E-state index contributed by atoms with van der Waals surface area (Å²) in [5, 5.41) is 8.79. The first kappa shape index (κ1) is 10.5. The van der Waals surface area contributed by atoms with Gasteiger partial charge in [-0.2, -0.15) is 0 Å². The number of likely N-dealkylation sites (tertiary alicyclic amines) is 1. The van der Waals surface area contributed by atoms with E-state index >= 15 is 0 Å². The smallest absolute Gasteiger partial charge is 0.308 e. The number of amides is 1. The van der Waals surface area contributed by atoms with Crippen LogP contribution in [0.25, 0.3) is 0 Å². The second-order valence-corrected chi connectivity index (χ2v) is 4.66. The molecule has 1 heterocycles. The summed E-state index contributed by atoms with van der Waals surface area (Å²) in [7, 11) is 0. The van der Waals surface area contributed by atoms with Crippen LogP contribution < -0.4 is 0 Å². The van der Waals surface area contributed by atoms with E-state index in [0.717, 1.165) is 18.9 Å². The van der Waals surface area contributed by atoms with Crippen molar-refractivity contribution in [1.82, 2.24) is 4.90 Å². The topological polar surface area (TPSA) is 57.6 Å². The predicted molar refractivity (Wildman–Crippen MR) is 54.3 cm³/mol. The lowest BCUT2D eigenvalue weighted by molar-refractivity contribution is -0.141. The van der Waals surface area contributed by atoms with Gasteiger partial charge in [0.1, 0.15) is 0 Å². The molecule has 1 saturated carbocycles. The van der Waals surface area contributed by atoms with Gasteiger partial charge in [0.15, 0.2) is 0 Å². The number of carboxylic acids is 1. The molecule has 0 spiro atoms. The van der Waals surface area contributed by atoms with E-state index in [2.05, 4.69) is 0 Å². The first-order valence-electron chi connectivity index (χ1n) is 5.67. The maximum Gasteiger partial charge on any atom is 0.308 e. The highest BCUT2D eigenvalue weighted by atomic mass is 16.4. The lowest BCUT2D eigenvalue weighted by Gasteiger charge is -2.15. The molecule has 1 amide bonds. The van der Waals surface area contributed by atoms with E-state index in [1.165, 1.54) is 19.3 Å². The molecular formula is C11H17NO3. The third-order valence-corrected chi connectivity index (χ3v) is 3.30. The van der Waals surface area contributed by atoms with Crippen LogP contribution in [-0.2, 0) is 9.59 Å². The Balaban J connectivity index is 1.72. The van der Waals surface area contributed by atoms with Gasteiger partial charge in [0.2, 0.25) is 5.91 Å². The molecular weight excluding hydrogens is 194 g/mol. The highest BCUT2D eigenvalue weighted by Gasteiger charge is 2.34. The fraction of sp³-hybridized carbons (Fsp3) is 0.818. The summed E-state index contributed by atoms with van der Waals surface area (Å²) in [5.41, 5.74) is 0. The second kappa shape index (κ2) is 4.21. The SMILES string of the molecule is O=C(O)C1CC(=O)N(CCCC2CC2)C1. The molecule has 1 aliphatic heterocycles. The Morgan fingerprint density at radius 1 is 1.47 bits per heavy atom. The number of carbonyl (C=O) groups is 2. The van der Waals surface area contributed by atoms with E-state index < -0.39 is 11.9 Å². The molecule has 1 aliphatic carbocycles. The van der Waals surface area contributed by atoms with Gasteiger partial charge in [-0.05, 0) is 18.8 Å². The number of aliphatic carboxylic acids is 1. The summed E-state index contributed by atoms with van der Waals surface area (Å²) in [6.07, 6.45) is 5.10. The summed E-state index contributed by atoms with van der Waals surface area (Å²) in [6, 6.07) is 0. The third kappa shape index (κ3) is 2.70. The van der Waals surface area contributed by atoms with Crippen molar-refractivity contribution in [2.45, 2.75) is 32.1 Å². The van der Waals surface area contributed by atoms with Crippen molar-refractivity contribution in [3.05, 3.63) is 0 Å². The number of hydrogen-bond donors (Lipinski definition) is 1. The fourth-order valence-electron chi connectivity index (χ4n) is 2.13. The first-order chi connectivity index (χ1) is 7.16. The van der Waals surface area contributed by atoms with Crippen molar-refractivity contribution < 1.29 is 14.7 Å². The molecule has 0 radical (unpaired) electrons. The van der Waals surface area contributed by atoms with E-state index in [9.17, 15) is 9.59 Å². The highest BCUT2D eigenvalue weighted by Crippen LogP contribution is 2.33. The molecule has 4 heteroatoms. The van der Waals surface area contributed by atoms with E-state index in [-0.39, 0.29) is 12.3 Å². The monoisotopic (exact) mass is 211 g/mol. The van der Waals surface area contributed by atoms with Crippen molar-refractivity contribution in [1.29, 1.82) is 0 Å². The Labute approximate surface area is 89.3 Å². The zero-order valence-electron chi connectivity index (χ0n) is 8.82. The average Bonchev–Trinajstić information content (AvgIpc) is 2.91. The Morgan fingerprint density at radius 3 is 2.73 bits per heavy atom. The van der Waals surface area contributed by atoms with Gasteiger partial charge in [0, 0.05) is 19.5 Å². The van der Waals surface area contributed by atoms with Crippen molar-refractivity contribution in [2.24, 2.45) is 11.8 Å². The molecule has 84 valence electrons. The summed E-state index contributed by atoms with van der Waals surface area (Å²) >= 11 is 0. The quantitative estimate of drug-likeness (QED) is 0.741. The Bertz CT molecular complexity index is 273. The second-order valence-electron chi connectivity index (χ2n) is 4.66. The third-order valence-electron chi connectivity index (χ3n) is 3.30. The van der Waals surface area contributed by atoms with Crippen LogP contribution in [0.2, 0.25) is 0 Å². The molecule has 1 N–H and O–H groups in total. The fourth-order valence-corrected chi connectivity index (χ4v) is 2.13. The Kier molecular flexibility index (Phi) is 2.93. The van der Waals surface area contributed by atoms with Gasteiger partial charge < -0.3 is 10.0 Å². The van der Waals surface area contributed by atoms with E-state index in [4.69, 9.17) is 5.11 Å². The molecule has 0 aromatic rings. The molecule has 2 fully saturated rings. The minimum Gasteiger partial charge on any atom is -0.481 e. The summed E-state index contributed by atoms with van der Waals surface area (Å²) < 4.78 is 0. The minimum atomic E-state index is -0.840. The largest absolute Gasteiger partial charge is 0.481 e. The summed E-state index contributed by atoms with van der Waals surface area (Å²) in [5.74, 6) is -0.414. The van der Waals surface area contributed by atoms with Gasteiger partial charge in [-0.25, -0.2) is 0 Å². The number of rotatable bonds is 5. The van der Waals surface area contributed by atoms with Crippen LogP contribution >= 0.6 is 0 Å². The number of hydrogen-bond acceptors (Lipinski definition) is 2. The van der Waals surface area contributed by atoms with Gasteiger partial charge >= 0.3 is 5.97 Å². The minimum absolute atomic E-state index is 0.0122. The highest BCUT2D eigenvalue weighted by molar-refractivity contribution is 5.86. The molecule has 1 saturated heterocycles. The molecule has 1 atom stereocenters. The van der Waals surface area contributed by atoms with E-state index in [0.29, 0.717) is 6.54 Å². The van der Waals surface area contributed by atoms with Crippen LogP contribution in [0.5, 0.6) is 0 Å². The molecule has 0 aromatic heterocycles. The van der Waals surface area contributed by atoms with Gasteiger partial charge in [0.05, 0.1) is 5.92 Å². The standard InChI is InChI=1S/C11H17NO3/c13-10-6-9(11(14)15)7-12(10)5-1-2-8-3-4-8/h8-9H,1-7H2,(H,14,15). The molecule has 0 bridgehead atoms. The molecule has 0 aromatic carbocycles.